The molecule has 0 bridgehead atoms. The summed E-state index contributed by atoms with van der Waals surface area (Å²) in [5, 5.41) is 2.83. The Morgan fingerprint density at radius 3 is 2.63 bits per heavy atom. The molecule has 0 fully saturated rings. The highest BCUT2D eigenvalue weighted by Gasteiger charge is 2.08. The predicted molar refractivity (Wildman–Crippen MR) is 72.2 cm³/mol. The van der Waals surface area contributed by atoms with E-state index in [2.05, 4.69) is 10.3 Å². The second-order valence-corrected chi connectivity index (χ2v) is 4.58. The van der Waals surface area contributed by atoms with Crippen molar-refractivity contribution in [3.63, 3.8) is 0 Å². The smallest absolute Gasteiger partial charge is 0.251 e. The molecule has 1 heterocycles. The van der Waals surface area contributed by atoms with Crippen LogP contribution in [-0.4, -0.2) is 16.9 Å². The fourth-order valence-electron chi connectivity index (χ4n) is 1.73. The third kappa shape index (κ3) is 3.37. The summed E-state index contributed by atoms with van der Waals surface area (Å²) in [6.45, 7) is 3.82. The van der Waals surface area contributed by atoms with Gasteiger partial charge in [-0.1, -0.05) is 12.1 Å². The number of pyridine rings is 1. The Morgan fingerprint density at radius 2 is 2.00 bits per heavy atom. The molecule has 0 unspecified atom stereocenters. The van der Waals surface area contributed by atoms with Crippen LogP contribution < -0.4 is 5.32 Å². The standard InChI is InChI=1S/C15H15FN2O/c1-10(2)18-15(19)12-5-3-4-11(8-12)13-6-7-14(16)17-9-13/h3-10H,1-2H3,(H,18,19). The first-order valence-electron chi connectivity index (χ1n) is 6.09. The quantitative estimate of drug-likeness (QED) is 0.860. The molecule has 0 saturated heterocycles. The van der Waals surface area contributed by atoms with E-state index in [9.17, 15) is 9.18 Å². The Bertz CT molecular complexity index is 579. The highest BCUT2D eigenvalue weighted by Crippen LogP contribution is 2.19. The monoisotopic (exact) mass is 258 g/mol. The maximum Gasteiger partial charge on any atom is 0.251 e. The second kappa shape index (κ2) is 5.61. The number of carbonyl (C=O) groups is 1. The zero-order valence-corrected chi connectivity index (χ0v) is 10.9. The van der Waals surface area contributed by atoms with Crippen LogP contribution in [0.4, 0.5) is 4.39 Å². The van der Waals surface area contributed by atoms with E-state index in [1.54, 1.807) is 24.3 Å². The van der Waals surface area contributed by atoms with E-state index in [0.717, 1.165) is 11.1 Å². The Balaban J connectivity index is 2.29. The van der Waals surface area contributed by atoms with Crippen molar-refractivity contribution in [3.05, 3.63) is 54.1 Å². The van der Waals surface area contributed by atoms with Gasteiger partial charge in [-0.15, -0.1) is 0 Å². The molecule has 1 aromatic carbocycles. The van der Waals surface area contributed by atoms with Crippen LogP contribution in [0.2, 0.25) is 0 Å². The molecule has 3 nitrogen and oxygen atoms in total. The van der Waals surface area contributed by atoms with E-state index in [1.807, 2.05) is 19.9 Å². The summed E-state index contributed by atoms with van der Waals surface area (Å²) in [5.41, 5.74) is 2.19. The lowest BCUT2D eigenvalue weighted by molar-refractivity contribution is 0.0943. The van der Waals surface area contributed by atoms with Gasteiger partial charge in [-0.05, 0) is 43.7 Å². The van der Waals surface area contributed by atoms with Crippen molar-refractivity contribution in [2.45, 2.75) is 19.9 Å². The van der Waals surface area contributed by atoms with Gasteiger partial charge in [-0.25, -0.2) is 4.98 Å². The van der Waals surface area contributed by atoms with Gasteiger partial charge in [-0.2, -0.15) is 4.39 Å². The number of nitrogens with zero attached hydrogens (tertiary/aromatic N) is 1. The minimum Gasteiger partial charge on any atom is -0.350 e. The van der Waals surface area contributed by atoms with Crippen molar-refractivity contribution in [2.24, 2.45) is 0 Å². The summed E-state index contributed by atoms with van der Waals surface area (Å²) in [6.07, 6.45) is 1.45. The molecular formula is C15H15FN2O. The molecule has 0 saturated carbocycles. The van der Waals surface area contributed by atoms with Crippen LogP contribution >= 0.6 is 0 Å². The van der Waals surface area contributed by atoms with E-state index in [1.165, 1.54) is 12.3 Å². The van der Waals surface area contributed by atoms with Gasteiger partial charge in [0.05, 0.1) is 0 Å². The topological polar surface area (TPSA) is 42.0 Å². The minimum atomic E-state index is -0.516. The lowest BCUT2D eigenvalue weighted by Crippen LogP contribution is -2.30. The van der Waals surface area contributed by atoms with Crippen molar-refractivity contribution in [1.29, 1.82) is 0 Å². The molecule has 1 N–H and O–H groups in total. The number of aromatic nitrogens is 1. The second-order valence-electron chi connectivity index (χ2n) is 4.58. The van der Waals surface area contributed by atoms with Crippen LogP contribution in [0.25, 0.3) is 11.1 Å². The van der Waals surface area contributed by atoms with Gasteiger partial charge in [0.25, 0.3) is 5.91 Å². The summed E-state index contributed by atoms with van der Waals surface area (Å²) in [7, 11) is 0. The van der Waals surface area contributed by atoms with Crippen molar-refractivity contribution in [2.75, 3.05) is 0 Å². The maximum absolute atomic E-state index is 12.8. The van der Waals surface area contributed by atoms with Crippen LogP contribution in [0.5, 0.6) is 0 Å². The summed E-state index contributed by atoms with van der Waals surface area (Å²) < 4.78 is 12.8. The lowest BCUT2D eigenvalue weighted by atomic mass is 10.0. The van der Waals surface area contributed by atoms with Gasteiger partial charge in [0.2, 0.25) is 5.95 Å². The van der Waals surface area contributed by atoms with Gasteiger partial charge < -0.3 is 5.32 Å². The number of nitrogens with one attached hydrogen (secondary N) is 1. The Labute approximate surface area is 111 Å². The maximum atomic E-state index is 12.8. The van der Waals surface area contributed by atoms with E-state index in [-0.39, 0.29) is 11.9 Å². The molecular weight excluding hydrogens is 243 g/mol. The molecule has 1 amide bonds. The molecule has 0 atom stereocenters. The molecule has 1 aromatic heterocycles. The average Bonchev–Trinajstić information content (AvgIpc) is 2.39. The zero-order valence-electron chi connectivity index (χ0n) is 10.9. The van der Waals surface area contributed by atoms with Crippen molar-refractivity contribution in [3.8, 4) is 11.1 Å². The molecule has 0 spiro atoms. The molecule has 0 aliphatic heterocycles. The van der Waals surface area contributed by atoms with Gasteiger partial charge in [0.15, 0.2) is 0 Å². The zero-order chi connectivity index (χ0) is 13.8. The minimum absolute atomic E-state index is 0.0867. The number of amides is 1. The van der Waals surface area contributed by atoms with Crippen molar-refractivity contribution in [1.82, 2.24) is 10.3 Å². The summed E-state index contributed by atoms with van der Waals surface area (Å²) in [5.74, 6) is -0.635. The number of benzene rings is 1. The Morgan fingerprint density at radius 1 is 1.21 bits per heavy atom. The number of carbonyl (C=O) groups excluding carboxylic acids is 1. The summed E-state index contributed by atoms with van der Waals surface area (Å²) in [6, 6.07) is 10.2. The predicted octanol–water partition coefficient (Wildman–Crippen LogP) is 3.03. The van der Waals surface area contributed by atoms with Crippen LogP contribution in [0.3, 0.4) is 0 Å². The van der Waals surface area contributed by atoms with Crippen LogP contribution in [0.1, 0.15) is 24.2 Å². The third-order valence-corrected chi connectivity index (χ3v) is 2.61. The van der Waals surface area contributed by atoms with Crippen LogP contribution in [0, 0.1) is 5.95 Å². The first-order chi connectivity index (χ1) is 9.06. The number of hydrogen-bond acceptors (Lipinski definition) is 2. The average molecular weight is 258 g/mol. The third-order valence-electron chi connectivity index (χ3n) is 2.61. The molecule has 0 radical (unpaired) electrons. The number of rotatable bonds is 3. The number of halogens is 1. The van der Waals surface area contributed by atoms with Crippen LogP contribution in [-0.2, 0) is 0 Å². The fourth-order valence-corrected chi connectivity index (χ4v) is 1.73. The lowest BCUT2D eigenvalue weighted by Gasteiger charge is -2.09. The van der Waals surface area contributed by atoms with Crippen molar-refractivity contribution < 1.29 is 9.18 Å². The molecule has 4 heteroatoms. The summed E-state index contributed by atoms with van der Waals surface area (Å²) in [4.78, 5) is 15.5. The molecule has 2 rings (SSSR count). The number of hydrogen-bond donors (Lipinski definition) is 1. The highest BCUT2D eigenvalue weighted by molar-refractivity contribution is 5.95. The Kier molecular flexibility index (Phi) is 3.90. The molecule has 2 aromatic rings. The fraction of sp³-hybridized carbons (Fsp3) is 0.200. The largest absolute Gasteiger partial charge is 0.350 e. The van der Waals surface area contributed by atoms with Crippen LogP contribution in [0.15, 0.2) is 42.6 Å². The molecule has 98 valence electrons. The van der Waals surface area contributed by atoms with Gasteiger partial charge in [0, 0.05) is 23.4 Å². The van der Waals surface area contributed by atoms with E-state index >= 15 is 0 Å². The summed E-state index contributed by atoms with van der Waals surface area (Å²) >= 11 is 0. The van der Waals surface area contributed by atoms with Crippen molar-refractivity contribution >= 4 is 5.91 Å². The van der Waals surface area contributed by atoms with Gasteiger partial charge in [-0.3, -0.25) is 4.79 Å². The van der Waals surface area contributed by atoms with Gasteiger partial charge in [0.1, 0.15) is 0 Å². The molecule has 0 aliphatic carbocycles. The first-order valence-corrected chi connectivity index (χ1v) is 6.09. The van der Waals surface area contributed by atoms with E-state index in [4.69, 9.17) is 0 Å². The SMILES string of the molecule is CC(C)NC(=O)c1cccc(-c2ccc(F)nc2)c1. The van der Waals surface area contributed by atoms with Gasteiger partial charge >= 0.3 is 0 Å². The van der Waals surface area contributed by atoms with E-state index in [0.29, 0.717) is 5.56 Å². The normalized spacial score (nSPS) is 10.5. The first kappa shape index (κ1) is 13.2. The molecule has 19 heavy (non-hydrogen) atoms. The highest BCUT2D eigenvalue weighted by atomic mass is 19.1. The molecule has 0 aliphatic rings. The Hall–Kier alpha value is -2.23. The van der Waals surface area contributed by atoms with E-state index < -0.39 is 5.95 Å².